The highest BCUT2D eigenvalue weighted by Crippen LogP contribution is 2.30. The second kappa shape index (κ2) is 12.5. The zero-order valence-electron chi connectivity index (χ0n) is 24.5. The van der Waals surface area contributed by atoms with E-state index in [2.05, 4.69) is 15.6 Å². The average Bonchev–Trinajstić information content (AvgIpc) is 3.61. The number of aliphatic hydroxyl groups is 1. The molecule has 3 N–H and O–H groups in total. The minimum atomic E-state index is -1.15. The maximum absolute atomic E-state index is 14.6. The molecule has 2 fully saturated rings. The van der Waals surface area contributed by atoms with E-state index in [-0.39, 0.29) is 45.2 Å². The van der Waals surface area contributed by atoms with E-state index in [1.165, 1.54) is 55.3 Å². The van der Waals surface area contributed by atoms with Crippen LogP contribution in [0.1, 0.15) is 40.7 Å². The van der Waals surface area contributed by atoms with Gasteiger partial charge in [-0.2, -0.15) is 4.39 Å². The van der Waals surface area contributed by atoms with Crippen LogP contribution in [0, 0.1) is 11.6 Å². The molecule has 0 bridgehead atoms. The van der Waals surface area contributed by atoms with Crippen LogP contribution in [0.2, 0.25) is 5.02 Å². The molecule has 0 aliphatic carbocycles. The van der Waals surface area contributed by atoms with Gasteiger partial charge in [0.15, 0.2) is 17.4 Å². The fraction of sp³-hybridized carbons (Fsp3) is 0.400. The summed E-state index contributed by atoms with van der Waals surface area (Å²) in [5.41, 5.74) is -0.247. The van der Waals surface area contributed by atoms with Crippen LogP contribution in [-0.2, 0) is 11.8 Å². The summed E-state index contributed by atoms with van der Waals surface area (Å²) in [4.78, 5) is 46.5. The fourth-order valence-electron chi connectivity index (χ4n) is 5.51. The monoisotopic (exact) mass is 630 g/mol. The van der Waals surface area contributed by atoms with Gasteiger partial charge in [-0.1, -0.05) is 18.5 Å². The Bertz CT molecular complexity index is 1610. The van der Waals surface area contributed by atoms with Gasteiger partial charge in [-0.3, -0.25) is 14.4 Å². The first-order chi connectivity index (χ1) is 21.0. The topological polar surface area (TPSA) is 129 Å². The van der Waals surface area contributed by atoms with Crippen molar-refractivity contribution in [3.63, 3.8) is 0 Å². The zero-order chi connectivity index (χ0) is 31.8. The van der Waals surface area contributed by atoms with E-state index in [0.29, 0.717) is 51.3 Å². The minimum absolute atomic E-state index is 0.0634. The Morgan fingerprint density at radius 2 is 1.84 bits per heavy atom. The Morgan fingerprint density at radius 3 is 2.48 bits per heavy atom. The number of ether oxygens (including phenoxy) is 1. The van der Waals surface area contributed by atoms with E-state index >= 15 is 0 Å². The molecule has 5 rings (SSSR count). The Balaban J connectivity index is 1.21. The summed E-state index contributed by atoms with van der Waals surface area (Å²) in [6, 6.07) is 6.65. The van der Waals surface area contributed by atoms with E-state index in [1.54, 1.807) is 9.80 Å². The van der Waals surface area contributed by atoms with Gasteiger partial charge in [0.1, 0.15) is 0 Å². The number of benzene rings is 2. The van der Waals surface area contributed by atoms with Crippen LogP contribution in [-0.4, -0.2) is 93.7 Å². The number of methoxy groups -OCH3 is 1. The quantitative estimate of drug-likeness (QED) is 0.366. The number of carbonyl (C=O) groups is 3. The summed E-state index contributed by atoms with van der Waals surface area (Å²) < 4.78 is 35.0. The lowest BCUT2D eigenvalue weighted by atomic mass is 9.97. The molecule has 44 heavy (non-hydrogen) atoms. The van der Waals surface area contributed by atoms with Gasteiger partial charge in [-0.05, 0) is 36.8 Å². The zero-order valence-corrected chi connectivity index (χ0v) is 25.3. The van der Waals surface area contributed by atoms with Crippen LogP contribution >= 0.6 is 11.6 Å². The molecule has 2 aromatic carbocycles. The number of piperazine rings is 1. The van der Waals surface area contributed by atoms with Crippen LogP contribution < -0.4 is 15.4 Å². The van der Waals surface area contributed by atoms with Crippen molar-refractivity contribution in [2.24, 2.45) is 7.05 Å². The van der Waals surface area contributed by atoms with Crippen molar-refractivity contribution in [1.29, 1.82) is 0 Å². The van der Waals surface area contributed by atoms with Crippen molar-refractivity contribution in [3.05, 3.63) is 64.6 Å². The molecule has 1 aromatic heterocycles. The SMILES string of the molecule is CC[C@@]1(O)CN[C@H](C(=O)N2CCN(C(=O)c3ccc(NC(=O)c4ncc(-c5ccc(OC)c(F)c5F)n4C)cc3Cl)CC2)C1. The number of aromatic nitrogens is 2. The van der Waals surface area contributed by atoms with E-state index in [0.717, 1.165) is 0 Å². The third-order valence-electron chi connectivity index (χ3n) is 8.29. The summed E-state index contributed by atoms with van der Waals surface area (Å²) >= 11 is 6.45. The highest BCUT2D eigenvalue weighted by atomic mass is 35.5. The Morgan fingerprint density at radius 1 is 1.14 bits per heavy atom. The normalized spacial score (nSPS) is 20.1. The molecule has 2 atom stereocenters. The first kappa shape index (κ1) is 31.4. The highest BCUT2D eigenvalue weighted by molar-refractivity contribution is 6.34. The van der Waals surface area contributed by atoms with Crippen molar-refractivity contribution >= 4 is 35.0 Å². The van der Waals surface area contributed by atoms with Crippen molar-refractivity contribution in [1.82, 2.24) is 24.7 Å². The molecule has 0 radical (unpaired) electrons. The first-order valence-corrected chi connectivity index (χ1v) is 14.5. The Labute approximate surface area is 257 Å². The predicted molar refractivity (Wildman–Crippen MR) is 159 cm³/mol. The number of amides is 3. The van der Waals surface area contributed by atoms with Gasteiger partial charge in [0.25, 0.3) is 11.8 Å². The first-order valence-electron chi connectivity index (χ1n) is 14.1. The molecular formula is C30H33ClF2N6O5. The number of nitrogens with one attached hydrogen (secondary N) is 2. The summed E-state index contributed by atoms with van der Waals surface area (Å²) in [5, 5.41) is 16.3. The minimum Gasteiger partial charge on any atom is -0.494 e. The second-order valence-corrected chi connectivity index (χ2v) is 11.4. The lowest BCUT2D eigenvalue weighted by Gasteiger charge is -2.36. The van der Waals surface area contributed by atoms with Crippen LogP contribution in [0.3, 0.4) is 0 Å². The van der Waals surface area contributed by atoms with Gasteiger partial charge in [-0.25, -0.2) is 9.37 Å². The van der Waals surface area contributed by atoms with Gasteiger partial charge in [0.2, 0.25) is 11.7 Å². The third-order valence-corrected chi connectivity index (χ3v) is 8.60. The standard InChI is InChI=1S/C30H33ClF2N6O5/c1-4-30(43)14-21(35-16-30)29(42)39-11-9-38(10-12-39)28(41)18-6-5-17(13-20(18)31)36-27(40)26-34-15-22(37(26)2)19-7-8-23(44-3)25(33)24(19)32/h5-8,13,15,21,35,43H,4,9-12,14,16H2,1-3H3,(H,36,40)/t21-,30-/m0/s1. The summed E-state index contributed by atoms with van der Waals surface area (Å²) in [5.74, 6) is -3.60. The molecule has 0 spiro atoms. The third kappa shape index (κ3) is 5.99. The number of imidazole rings is 1. The van der Waals surface area contributed by atoms with Gasteiger partial charge >= 0.3 is 0 Å². The predicted octanol–water partition coefficient (Wildman–Crippen LogP) is 3.07. The van der Waals surface area contributed by atoms with Crippen LogP contribution in [0.4, 0.5) is 14.5 Å². The lowest BCUT2D eigenvalue weighted by Crippen LogP contribution is -2.54. The van der Waals surface area contributed by atoms with Crippen LogP contribution in [0.15, 0.2) is 36.5 Å². The molecule has 2 aliphatic heterocycles. The maximum Gasteiger partial charge on any atom is 0.291 e. The highest BCUT2D eigenvalue weighted by Gasteiger charge is 2.41. The van der Waals surface area contributed by atoms with Crippen LogP contribution in [0.25, 0.3) is 11.3 Å². The fourth-order valence-corrected chi connectivity index (χ4v) is 5.77. The number of halogens is 3. The van der Waals surface area contributed by atoms with Gasteiger partial charge in [0.05, 0.1) is 41.2 Å². The smallest absolute Gasteiger partial charge is 0.291 e. The molecule has 11 nitrogen and oxygen atoms in total. The molecule has 3 amide bonds. The number of nitrogens with zero attached hydrogens (tertiary/aromatic N) is 4. The molecule has 3 heterocycles. The Kier molecular flexibility index (Phi) is 8.91. The second-order valence-electron chi connectivity index (χ2n) is 11.0. The number of rotatable bonds is 7. The van der Waals surface area contributed by atoms with E-state index in [4.69, 9.17) is 16.3 Å². The number of anilines is 1. The molecule has 234 valence electrons. The van der Waals surface area contributed by atoms with Crippen molar-refractivity contribution in [2.45, 2.75) is 31.4 Å². The van der Waals surface area contributed by atoms with Crippen molar-refractivity contribution in [2.75, 3.05) is 45.2 Å². The largest absolute Gasteiger partial charge is 0.494 e. The van der Waals surface area contributed by atoms with E-state index < -0.39 is 29.2 Å². The maximum atomic E-state index is 14.6. The molecule has 3 aromatic rings. The molecule has 2 saturated heterocycles. The number of carbonyl (C=O) groups excluding carboxylic acids is 3. The summed E-state index contributed by atoms with van der Waals surface area (Å²) in [6.45, 7) is 3.63. The van der Waals surface area contributed by atoms with Gasteiger partial charge in [0, 0.05) is 57.4 Å². The molecule has 14 heteroatoms. The van der Waals surface area contributed by atoms with Crippen LogP contribution in [0.5, 0.6) is 5.75 Å². The van der Waals surface area contributed by atoms with Crippen molar-refractivity contribution in [3.8, 4) is 17.0 Å². The average molecular weight is 631 g/mol. The summed E-state index contributed by atoms with van der Waals surface area (Å²) in [7, 11) is 2.73. The molecule has 0 saturated carbocycles. The molecule has 0 unspecified atom stereocenters. The number of hydrogen-bond acceptors (Lipinski definition) is 7. The van der Waals surface area contributed by atoms with Crippen molar-refractivity contribution < 1.29 is 33.0 Å². The lowest BCUT2D eigenvalue weighted by molar-refractivity contribution is -0.135. The number of β-amino-alcohol motifs (C(OH)–C–C–N with tert-alkyl or cyclic N) is 1. The van der Waals surface area contributed by atoms with E-state index in [9.17, 15) is 28.3 Å². The Hall–Kier alpha value is -4.07. The number of hydrogen-bond donors (Lipinski definition) is 3. The van der Waals surface area contributed by atoms with Gasteiger partial charge in [-0.15, -0.1) is 0 Å². The van der Waals surface area contributed by atoms with Gasteiger partial charge < -0.3 is 34.8 Å². The molecular weight excluding hydrogens is 598 g/mol. The molecule has 2 aliphatic rings. The van der Waals surface area contributed by atoms with E-state index in [1.807, 2.05) is 6.92 Å². The summed E-state index contributed by atoms with van der Waals surface area (Å²) in [6.07, 6.45) is 2.19.